The molecular formula is C14H20N2. The van der Waals surface area contributed by atoms with Crippen LogP contribution in [0.5, 0.6) is 0 Å². The van der Waals surface area contributed by atoms with Crippen molar-refractivity contribution in [2.24, 2.45) is 0 Å². The monoisotopic (exact) mass is 216 g/mol. The lowest BCUT2D eigenvalue weighted by Gasteiger charge is -2.46. The Labute approximate surface area is 97.4 Å². The maximum absolute atomic E-state index is 3.67. The number of anilines is 1. The third-order valence-electron chi connectivity index (χ3n) is 4.59. The highest BCUT2D eigenvalue weighted by Gasteiger charge is 2.52. The van der Waals surface area contributed by atoms with E-state index in [2.05, 4.69) is 49.6 Å². The molecule has 2 aliphatic rings. The van der Waals surface area contributed by atoms with Crippen LogP contribution in [0, 0.1) is 6.92 Å². The molecule has 86 valence electrons. The van der Waals surface area contributed by atoms with E-state index in [1.165, 1.54) is 29.7 Å². The van der Waals surface area contributed by atoms with E-state index in [4.69, 9.17) is 0 Å². The molecule has 0 spiro atoms. The minimum absolute atomic E-state index is 0.0291. The van der Waals surface area contributed by atoms with E-state index in [1.807, 2.05) is 0 Å². The van der Waals surface area contributed by atoms with Crippen LogP contribution in [0.2, 0.25) is 0 Å². The first-order valence-electron chi connectivity index (χ1n) is 6.20. The van der Waals surface area contributed by atoms with Gasteiger partial charge in [0.15, 0.2) is 0 Å². The van der Waals surface area contributed by atoms with E-state index >= 15 is 0 Å². The van der Waals surface area contributed by atoms with Gasteiger partial charge in [0.2, 0.25) is 0 Å². The van der Waals surface area contributed by atoms with Crippen molar-refractivity contribution < 1.29 is 0 Å². The van der Waals surface area contributed by atoms with Crippen molar-refractivity contribution in [1.82, 2.24) is 5.32 Å². The van der Waals surface area contributed by atoms with Gasteiger partial charge in [-0.2, -0.15) is 0 Å². The van der Waals surface area contributed by atoms with E-state index in [0.717, 1.165) is 6.54 Å². The SMILES string of the molecule is Cc1ccc2c(c1)C1(C)CCCNC1(C)N2. The lowest BCUT2D eigenvalue weighted by atomic mass is 9.69. The lowest BCUT2D eigenvalue weighted by molar-refractivity contribution is 0.189. The van der Waals surface area contributed by atoms with Crippen LogP contribution in [0.4, 0.5) is 5.69 Å². The smallest absolute Gasteiger partial charge is 0.0949 e. The summed E-state index contributed by atoms with van der Waals surface area (Å²) < 4.78 is 0. The van der Waals surface area contributed by atoms with Crippen LogP contribution in [0.3, 0.4) is 0 Å². The molecule has 2 aliphatic heterocycles. The number of rotatable bonds is 0. The summed E-state index contributed by atoms with van der Waals surface area (Å²) in [4.78, 5) is 0. The number of benzene rings is 1. The number of aryl methyl sites for hydroxylation is 1. The number of hydrogen-bond acceptors (Lipinski definition) is 2. The fraction of sp³-hybridized carbons (Fsp3) is 0.571. The number of fused-ring (bicyclic) bond motifs is 3. The highest BCUT2D eigenvalue weighted by molar-refractivity contribution is 5.65. The van der Waals surface area contributed by atoms with E-state index in [-0.39, 0.29) is 11.1 Å². The molecule has 16 heavy (non-hydrogen) atoms. The average Bonchev–Trinajstić information content (AvgIpc) is 2.47. The Hall–Kier alpha value is -1.02. The van der Waals surface area contributed by atoms with Crippen LogP contribution in [-0.2, 0) is 5.41 Å². The second-order valence-corrected chi connectivity index (χ2v) is 5.66. The van der Waals surface area contributed by atoms with Crippen molar-refractivity contribution >= 4 is 5.69 Å². The molecule has 2 unspecified atom stereocenters. The molecule has 0 aromatic heterocycles. The summed E-state index contributed by atoms with van der Waals surface area (Å²) >= 11 is 0. The van der Waals surface area contributed by atoms with Gasteiger partial charge in [-0.05, 0) is 44.9 Å². The average molecular weight is 216 g/mol. The van der Waals surface area contributed by atoms with E-state index in [0.29, 0.717) is 0 Å². The van der Waals surface area contributed by atoms with E-state index in [9.17, 15) is 0 Å². The Morgan fingerprint density at radius 3 is 2.88 bits per heavy atom. The van der Waals surface area contributed by atoms with Gasteiger partial charge in [0.1, 0.15) is 0 Å². The van der Waals surface area contributed by atoms with Gasteiger partial charge in [0, 0.05) is 11.1 Å². The summed E-state index contributed by atoms with van der Waals surface area (Å²) in [6.45, 7) is 7.97. The molecule has 1 aromatic rings. The van der Waals surface area contributed by atoms with Gasteiger partial charge in [-0.1, -0.05) is 24.6 Å². The minimum atomic E-state index is 0.0291. The Morgan fingerprint density at radius 1 is 1.25 bits per heavy atom. The molecule has 0 amide bonds. The molecule has 0 saturated carbocycles. The van der Waals surface area contributed by atoms with Gasteiger partial charge in [0.25, 0.3) is 0 Å². The largest absolute Gasteiger partial charge is 0.366 e. The molecule has 2 heteroatoms. The van der Waals surface area contributed by atoms with Crippen LogP contribution in [0.1, 0.15) is 37.8 Å². The molecule has 0 radical (unpaired) electrons. The quantitative estimate of drug-likeness (QED) is 0.697. The first-order valence-corrected chi connectivity index (χ1v) is 6.20. The summed E-state index contributed by atoms with van der Waals surface area (Å²) in [6, 6.07) is 6.76. The fourth-order valence-electron chi connectivity index (χ4n) is 3.30. The zero-order valence-electron chi connectivity index (χ0n) is 10.4. The molecule has 0 aliphatic carbocycles. The van der Waals surface area contributed by atoms with E-state index in [1.54, 1.807) is 0 Å². The molecule has 1 aromatic carbocycles. The highest BCUT2D eigenvalue weighted by atomic mass is 15.2. The molecule has 1 saturated heterocycles. The first kappa shape index (κ1) is 10.2. The second kappa shape index (κ2) is 3.01. The zero-order valence-corrected chi connectivity index (χ0v) is 10.4. The van der Waals surface area contributed by atoms with Gasteiger partial charge in [-0.15, -0.1) is 0 Å². The van der Waals surface area contributed by atoms with Crippen molar-refractivity contribution in [3.8, 4) is 0 Å². The molecule has 2 heterocycles. The Kier molecular flexibility index (Phi) is 1.91. The van der Waals surface area contributed by atoms with Gasteiger partial charge in [-0.25, -0.2) is 0 Å². The normalized spacial score (nSPS) is 36.4. The van der Waals surface area contributed by atoms with Crippen LogP contribution >= 0.6 is 0 Å². The van der Waals surface area contributed by atoms with Crippen LogP contribution in [0.15, 0.2) is 18.2 Å². The zero-order chi connectivity index (χ0) is 11.4. The van der Waals surface area contributed by atoms with Gasteiger partial charge >= 0.3 is 0 Å². The third-order valence-corrected chi connectivity index (χ3v) is 4.59. The van der Waals surface area contributed by atoms with Crippen molar-refractivity contribution in [3.63, 3.8) is 0 Å². The summed E-state index contributed by atoms with van der Waals surface area (Å²) in [5.41, 5.74) is 4.41. The second-order valence-electron chi connectivity index (χ2n) is 5.66. The van der Waals surface area contributed by atoms with Crippen molar-refractivity contribution in [3.05, 3.63) is 29.3 Å². The summed E-state index contributed by atoms with van der Waals surface area (Å²) in [6.07, 6.45) is 2.53. The summed E-state index contributed by atoms with van der Waals surface area (Å²) in [7, 11) is 0. The molecule has 2 nitrogen and oxygen atoms in total. The Balaban J connectivity index is 2.17. The molecule has 1 fully saturated rings. The molecule has 2 atom stereocenters. The Morgan fingerprint density at radius 2 is 2.06 bits per heavy atom. The van der Waals surface area contributed by atoms with Crippen LogP contribution in [-0.4, -0.2) is 12.2 Å². The molecule has 0 bridgehead atoms. The van der Waals surface area contributed by atoms with Gasteiger partial charge in [0.05, 0.1) is 5.66 Å². The fourth-order valence-corrected chi connectivity index (χ4v) is 3.30. The highest BCUT2D eigenvalue weighted by Crippen LogP contribution is 2.50. The predicted octanol–water partition coefficient (Wildman–Crippen LogP) is 2.78. The van der Waals surface area contributed by atoms with Crippen LogP contribution in [0.25, 0.3) is 0 Å². The minimum Gasteiger partial charge on any atom is -0.366 e. The maximum Gasteiger partial charge on any atom is 0.0949 e. The van der Waals surface area contributed by atoms with Crippen LogP contribution < -0.4 is 10.6 Å². The molecule has 2 N–H and O–H groups in total. The Bertz CT molecular complexity index is 440. The predicted molar refractivity (Wildman–Crippen MR) is 67.8 cm³/mol. The maximum atomic E-state index is 3.67. The first-order chi connectivity index (χ1) is 7.55. The summed E-state index contributed by atoms with van der Waals surface area (Å²) in [5.74, 6) is 0. The number of piperidine rings is 1. The number of hydrogen-bond donors (Lipinski definition) is 2. The lowest BCUT2D eigenvalue weighted by Crippen LogP contribution is -2.62. The van der Waals surface area contributed by atoms with Gasteiger partial charge < -0.3 is 5.32 Å². The third kappa shape index (κ3) is 1.11. The van der Waals surface area contributed by atoms with E-state index < -0.39 is 0 Å². The van der Waals surface area contributed by atoms with Crippen molar-refractivity contribution in [1.29, 1.82) is 0 Å². The van der Waals surface area contributed by atoms with Gasteiger partial charge in [-0.3, -0.25) is 5.32 Å². The molecule has 3 rings (SSSR count). The number of nitrogens with one attached hydrogen (secondary N) is 2. The topological polar surface area (TPSA) is 24.1 Å². The van der Waals surface area contributed by atoms with Crippen molar-refractivity contribution in [2.75, 3.05) is 11.9 Å². The standard InChI is InChI=1S/C14H20N2/c1-10-5-6-12-11(9-10)13(2)7-4-8-15-14(13,3)16-12/h5-6,9,15-16H,4,7-8H2,1-3H3. The molecular weight excluding hydrogens is 196 g/mol. The van der Waals surface area contributed by atoms with Crippen molar-refractivity contribution in [2.45, 2.75) is 44.7 Å². The summed E-state index contributed by atoms with van der Waals surface area (Å²) in [5, 5.41) is 7.32.